The van der Waals surface area contributed by atoms with Crippen molar-refractivity contribution in [2.45, 2.75) is 19.9 Å². The van der Waals surface area contributed by atoms with Crippen LogP contribution >= 0.6 is 11.6 Å². The van der Waals surface area contributed by atoms with Crippen LogP contribution < -0.4 is 10.5 Å². The van der Waals surface area contributed by atoms with Gasteiger partial charge < -0.3 is 10.5 Å². The highest BCUT2D eigenvalue weighted by Gasteiger charge is 2.23. The van der Waals surface area contributed by atoms with Gasteiger partial charge in [-0.2, -0.15) is 5.26 Å². The normalized spacial score (nSPS) is 14.2. The Bertz CT molecular complexity index is 426. The van der Waals surface area contributed by atoms with E-state index >= 15 is 0 Å². The summed E-state index contributed by atoms with van der Waals surface area (Å²) in [4.78, 5) is 0. The van der Waals surface area contributed by atoms with E-state index in [0.717, 1.165) is 5.56 Å². The lowest BCUT2D eigenvalue weighted by atomic mass is 9.86. The molecule has 0 aliphatic heterocycles. The van der Waals surface area contributed by atoms with Crippen molar-refractivity contribution >= 4 is 11.6 Å². The number of halogens is 1. The Hall–Kier alpha value is -1.24. The molecule has 3 nitrogen and oxygen atoms in total. The average Bonchev–Trinajstić information content (AvgIpc) is 2.29. The maximum absolute atomic E-state index is 9.11. The van der Waals surface area contributed by atoms with Gasteiger partial charge >= 0.3 is 0 Å². The van der Waals surface area contributed by atoms with Gasteiger partial charge in [-0.1, -0.05) is 31.5 Å². The third-order valence-electron chi connectivity index (χ3n) is 2.81. The number of methoxy groups -OCH3 is 1. The molecule has 92 valence electrons. The second kappa shape index (κ2) is 5.90. The quantitative estimate of drug-likeness (QED) is 0.896. The summed E-state index contributed by atoms with van der Waals surface area (Å²) in [5.74, 6) is 0.594. The van der Waals surface area contributed by atoms with Crippen LogP contribution in [0, 0.1) is 23.2 Å². The van der Waals surface area contributed by atoms with E-state index in [-0.39, 0.29) is 17.9 Å². The monoisotopic (exact) mass is 252 g/mol. The third-order valence-corrected chi connectivity index (χ3v) is 3.11. The Morgan fingerprint density at radius 1 is 1.41 bits per heavy atom. The smallest absolute Gasteiger partial charge is 0.137 e. The van der Waals surface area contributed by atoms with Crippen molar-refractivity contribution in [2.75, 3.05) is 7.11 Å². The molecule has 2 unspecified atom stereocenters. The van der Waals surface area contributed by atoms with Gasteiger partial charge in [0.2, 0.25) is 0 Å². The Balaban J connectivity index is 3.01. The fourth-order valence-corrected chi connectivity index (χ4v) is 2.01. The van der Waals surface area contributed by atoms with Crippen molar-refractivity contribution in [3.8, 4) is 11.8 Å². The highest BCUT2D eigenvalue weighted by Crippen LogP contribution is 2.31. The number of nitrogens with two attached hydrogens (primary N) is 1. The fraction of sp³-hybridized carbons (Fsp3) is 0.462. The molecule has 0 fully saturated rings. The van der Waals surface area contributed by atoms with Gasteiger partial charge in [-0.15, -0.1) is 0 Å². The average molecular weight is 253 g/mol. The lowest BCUT2D eigenvalue weighted by molar-refractivity contribution is 0.401. The van der Waals surface area contributed by atoms with Crippen LogP contribution in [0.3, 0.4) is 0 Å². The number of ether oxygens (including phenoxy) is 1. The van der Waals surface area contributed by atoms with E-state index in [9.17, 15) is 0 Å². The first-order valence-corrected chi connectivity index (χ1v) is 5.87. The zero-order valence-electron chi connectivity index (χ0n) is 10.3. The highest BCUT2D eigenvalue weighted by molar-refractivity contribution is 6.32. The second-order valence-corrected chi connectivity index (χ2v) is 4.73. The van der Waals surface area contributed by atoms with E-state index in [1.807, 2.05) is 19.9 Å². The van der Waals surface area contributed by atoms with Crippen LogP contribution in [-0.4, -0.2) is 7.11 Å². The molecule has 0 spiro atoms. The minimum atomic E-state index is -0.330. The van der Waals surface area contributed by atoms with E-state index in [4.69, 9.17) is 27.3 Å². The molecule has 1 aromatic carbocycles. The first-order valence-electron chi connectivity index (χ1n) is 5.50. The second-order valence-electron chi connectivity index (χ2n) is 4.32. The molecule has 0 aliphatic carbocycles. The zero-order chi connectivity index (χ0) is 13.0. The molecule has 0 aliphatic rings. The standard InChI is InChI=1S/C13H17ClN2O/c1-8(2)10(7-15)13(16)9-4-5-12(17-3)11(14)6-9/h4-6,8,10,13H,16H2,1-3H3. The SMILES string of the molecule is COc1ccc(C(N)C(C#N)C(C)C)cc1Cl. The maximum atomic E-state index is 9.11. The summed E-state index contributed by atoms with van der Waals surface area (Å²) in [7, 11) is 1.56. The molecule has 4 heteroatoms. The predicted octanol–water partition coefficient (Wildman–Crippen LogP) is 3.14. The van der Waals surface area contributed by atoms with Crippen molar-refractivity contribution in [2.24, 2.45) is 17.6 Å². The summed E-state index contributed by atoms with van der Waals surface area (Å²) >= 11 is 6.04. The summed E-state index contributed by atoms with van der Waals surface area (Å²) in [6, 6.07) is 7.30. The number of hydrogen-bond acceptors (Lipinski definition) is 3. The maximum Gasteiger partial charge on any atom is 0.137 e. The van der Waals surface area contributed by atoms with E-state index in [0.29, 0.717) is 10.8 Å². The van der Waals surface area contributed by atoms with Crippen LogP contribution in [0.1, 0.15) is 25.5 Å². The van der Waals surface area contributed by atoms with E-state index in [1.165, 1.54) is 0 Å². The molecule has 0 bridgehead atoms. The number of hydrogen-bond donors (Lipinski definition) is 1. The molecule has 0 radical (unpaired) electrons. The summed E-state index contributed by atoms with van der Waals surface area (Å²) < 4.78 is 5.08. The van der Waals surface area contributed by atoms with Gasteiger partial charge in [-0.3, -0.25) is 0 Å². The molecule has 17 heavy (non-hydrogen) atoms. The van der Waals surface area contributed by atoms with E-state index < -0.39 is 0 Å². The van der Waals surface area contributed by atoms with Crippen molar-refractivity contribution < 1.29 is 4.74 Å². The van der Waals surface area contributed by atoms with Crippen molar-refractivity contribution in [1.82, 2.24) is 0 Å². The van der Waals surface area contributed by atoms with Gasteiger partial charge in [0, 0.05) is 6.04 Å². The minimum Gasteiger partial charge on any atom is -0.495 e. The Kier molecular flexibility index (Phi) is 4.80. The molecular weight excluding hydrogens is 236 g/mol. The van der Waals surface area contributed by atoms with Crippen molar-refractivity contribution in [3.05, 3.63) is 28.8 Å². The Morgan fingerprint density at radius 2 is 2.06 bits per heavy atom. The molecule has 0 amide bonds. The molecular formula is C13H17ClN2O. The molecule has 2 atom stereocenters. The largest absolute Gasteiger partial charge is 0.495 e. The van der Waals surface area contributed by atoms with E-state index in [1.54, 1.807) is 19.2 Å². The number of benzene rings is 1. The number of nitriles is 1. The summed E-state index contributed by atoms with van der Waals surface area (Å²) in [6.45, 7) is 3.97. The lowest BCUT2D eigenvalue weighted by Crippen LogP contribution is -2.24. The summed E-state index contributed by atoms with van der Waals surface area (Å²) in [5.41, 5.74) is 6.95. The van der Waals surface area contributed by atoms with Gasteiger partial charge in [0.25, 0.3) is 0 Å². The summed E-state index contributed by atoms with van der Waals surface area (Å²) in [5, 5.41) is 9.63. The summed E-state index contributed by atoms with van der Waals surface area (Å²) in [6.07, 6.45) is 0. The first kappa shape index (κ1) is 13.8. The highest BCUT2D eigenvalue weighted by atomic mass is 35.5. The molecule has 0 aromatic heterocycles. The van der Waals surface area contributed by atoms with Crippen LogP contribution in [0.5, 0.6) is 5.75 Å². The number of rotatable bonds is 4. The molecule has 1 aromatic rings. The van der Waals surface area contributed by atoms with Crippen LogP contribution in [0.25, 0.3) is 0 Å². The van der Waals surface area contributed by atoms with Crippen LogP contribution in [0.15, 0.2) is 18.2 Å². The van der Waals surface area contributed by atoms with E-state index in [2.05, 4.69) is 6.07 Å². The predicted molar refractivity (Wildman–Crippen MR) is 68.9 cm³/mol. The van der Waals surface area contributed by atoms with Crippen LogP contribution in [-0.2, 0) is 0 Å². The first-order chi connectivity index (χ1) is 8.01. The third kappa shape index (κ3) is 3.12. The molecule has 0 heterocycles. The van der Waals surface area contributed by atoms with Gasteiger partial charge in [0.1, 0.15) is 5.75 Å². The zero-order valence-corrected chi connectivity index (χ0v) is 11.0. The topological polar surface area (TPSA) is 59.0 Å². The van der Waals surface area contributed by atoms with Crippen molar-refractivity contribution in [1.29, 1.82) is 5.26 Å². The number of nitrogens with zero attached hydrogens (tertiary/aromatic N) is 1. The molecule has 0 saturated heterocycles. The molecule has 1 rings (SSSR count). The van der Waals surface area contributed by atoms with Gasteiger partial charge in [0.05, 0.1) is 24.1 Å². The Morgan fingerprint density at radius 3 is 2.47 bits per heavy atom. The lowest BCUT2D eigenvalue weighted by Gasteiger charge is -2.21. The van der Waals surface area contributed by atoms with Gasteiger partial charge in [-0.05, 0) is 23.6 Å². The Labute approximate surface area is 107 Å². The minimum absolute atomic E-state index is 0.205. The van der Waals surface area contributed by atoms with Crippen LogP contribution in [0.2, 0.25) is 5.02 Å². The van der Waals surface area contributed by atoms with Crippen molar-refractivity contribution in [3.63, 3.8) is 0 Å². The molecule has 2 N–H and O–H groups in total. The van der Waals surface area contributed by atoms with Gasteiger partial charge in [0.15, 0.2) is 0 Å². The molecule has 0 saturated carbocycles. The van der Waals surface area contributed by atoms with Crippen LogP contribution in [0.4, 0.5) is 0 Å². The van der Waals surface area contributed by atoms with Gasteiger partial charge in [-0.25, -0.2) is 0 Å². The fourth-order valence-electron chi connectivity index (χ4n) is 1.74.